The summed E-state index contributed by atoms with van der Waals surface area (Å²) in [7, 11) is 1.60. The highest BCUT2D eigenvalue weighted by Crippen LogP contribution is 2.28. The summed E-state index contributed by atoms with van der Waals surface area (Å²) in [5.74, 6) is -0.923. The highest BCUT2D eigenvalue weighted by atomic mass is 16.5. The lowest BCUT2D eigenvalue weighted by atomic mass is 10.1. The van der Waals surface area contributed by atoms with E-state index in [-0.39, 0.29) is 11.3 Å². The minimum Gasteiger partial charge on any atom is -0.508 e. The molecule has 0 amide bonds. The normalized spacial score (nSPS) is 11.0. The van der Waals surface area contributed by atoms with Crippen molar-refractivity contribution in [2.45, 2.75) is 13.5 Å². The average Bonchev–Trinajstić information content (AvgIpc) is 2.58. The highest BCUT2D eigenvalue weighted by Gasteiger charge is 2.19. The summed E-state index contributed by atoms with van der Waals surface area (Å²) in [6, 6.07) is 4.76. The van der Waals surface area contributed by atoms with E-state index in [0.29, 0.717) is 24.2 Å². The van der Waals surface area contributed by atoms with Gasteiger partial charge in [0.15, 0.2) is 0 Å². The van der Waals surface area contributed by atoms with Crippen LogP contribution in [0.25, 0.3) is 10.9 Å². The van der Waals surface area contributed by atoms with Crippen molar-refractivity contribution in [1.82, 2.24) is 4.57 Å². The molecule has 1 heterocycles. The molecule has 96 valence electrons. The lowest BCUT2D eigenvalue weighted by molar-refractivity contribution is 0.0697. The lowest BCUT2D eigenvalue weighted by Gasteiger charge is -2.07. The molecule has 2 aromatic rings. The first-order valence-electron chi connectivity index (χ1n) is 5.60. The Kier molecular flexibility index (Phi) is 3.25. The molecule has 0 bridgehead atoms. The number of aromatic hydroxyl groups is 1. The fraction of sp³-hybridized carbons (Fsp3) is 0.308. The molecule has 0 aliphatic heterocycles. The van der Waals surface area contributed by atoms with Gasteiger partial charge in [-0.15, -0.1) is 0 Å². The number of ether oxygens (including phenoxy) is 1. The number of aromatic nitrogens is 1. The standard InChI is InChI=1S/C13H15NO4/c1-8-12(13(16)17)10-7-9(15)3-4-11(10)14(8)5-6-18-2/h3-4,7,15H,5-6H2,1-2H3,(H,16,17). The van der Waals surface area contributed by atoms with Crippen LogP contribution in [0.5, 0.6) is 5.75 Å². The zero-order chi connectivity index (χ0) is 13.3. The number of hydrogen-bond donors (Lipinski definition) is 2. The molecule has 0 atom stereocenters. The molecule has 0 aliphatic carbocycles. The maximum absolute atomic E-state index is 11.3. The monoisotopic (exact) mass is 249 g/mol. The molecule has 18 heavy (non-hydrogen) atoms. The lowest BCUT2D eigenvalue weighted by Crippen LogP contribution is -2.07. The van der Waals surface area contributed by atoms with Gasteiger partial charge in [-0.1, -0.05) is 0 Å². The molecule has 0 aliphatic rings. The fourth-order valence-corrected chi connectivity index (χ4v) is 2.21. The molecular formula is C13H15NO4. The van der Waals surface area contributed by atoms with Crippen LogP contribution in [0.1, 0.15) is 16.1 Å². The van der Waals surface area contributed by atoms with Crippen molar-refractivity contribution in [3.63, 3.8) is 0 Å². The van der Waals surface area contributed by atoms with Crippen LogP contribution in [0.4, 0.5) is 0 Å². The van der Waals surface area contributed by atoms with Gasteiger partial charge in [-0.2, -0.15) is 0 Å². The quantitative estimate of drug-likeness (QED) is 0.869. The molecule has 1 aromatic heterocycles. The predicted molar refractivity (Wildman–Crippen MR) is 67.2 cm³/mol. The Hall–Kier alpha value is -2.01. The number of phenolic OH excluding ortho intramolecular Hbond substituents is 1. The summed E-state index contributed by atoms with van der Waals surface area (Å²) in [4.78, 5) is 11.3. The first-order chi connectivity index (χ1) is 8.56. The zero-order valence-corrected chi connectivity index (χ0v) is 10.3. The molecule has 5 nitrogen and oxygen atoms in total. The smallest absolute Gasteiger partial charge is 0.338 e. The number of carbonyl (C=O) groups is 1. The van der Waals surface area contributed by atoms with Crippen molar-refractivity contribution in [3.8, 4) is 5.75 Å². The molecule has 0 unspecified atom stereocenters. The van der Waals surface area contributed by atoms with Crippen LogP contribution in [0.3, 0.4) is 0 Å². The van der Waals surface area contributed by atoms with Crippen LogP contribution >= 0.6 is 0 Å². The Morgan fingerprint density at radius 2 is 2.17 bits per heavy atom. The number of phenols is 1. The maximum atomic E-state index is 11.3. The number of hydrogen-bond acceptors (Lipinski definition) is 3. The number of carboxylic acid groups (broad SMARTS) is 1. The maximum Gasteiger partial charge on any atom is 0.338 e. The Morgan fingerprint density at radius 1 is 1.44 bits per heavy atom. The van der Waals surface area contributed by atoms with Crippen molar-refractivity contribution in [2.75, 3.05) is 13.7 Å². The summed E-state index contributed by atoms with van der Waals surface area (Å²) in [6.45, 7) is 2.84. The van der Waals surface area contributed by atoms with Gasteiger partial charge in [-0.3, -0.25) is 0 Å². The van der Waals surface area contributed by atoms with E-state index in [4.69, 9.17) is 4.74 Å². The Bertz CT molecular complexity index is 601. The molecule has 0 saturated heterocycles. The number of benzene rings is 1. The largest absolute Gasteiger partial charge is 0.508 e. The van der Waals surface area contributed by atoms with Crippen LogP contribution in [0.15, 0.2) is 18.2 Å². The zero-order valence-electron chi connectivity index (χ0n) is 10.3. The molecule has 0 fully saturated rings. The molecular weight excluding hydrogens is 234 g/mol. The SMILES string of the molecule is COCCn1c(C)c(C(=O)O)c2cc(O)ccc21. The first kappa shape index (κ1) is 12.4. The Balaban J connectivity index is 2.70. The third-order valence-corrected chi connectivity index (χ3v) is 3.04. The van der Waals surface area contributed by atoms with Crippen molar-refractivity contribution in [2.24, 2.45) is 0 Å². The van der Waals surface area contributed by atoms with E-state index in [1.807, 2.05) is 4.57 Å². The molecule has 0 saturated carbocycles. The topological polar surface area (TPSA) is 71.7 Å². The molecule has 2 rings (SSSR count). The van der Waals surface area contributed by atoms with E-state index < -0.39 is 5.97 Å². The van der Waals surface area contributed by atoms with Gasteiger partial charge in [0.2, 0.25) is 0 Å². The number of carboxylic acids is 1. The van der Waals surface area contributed by atoms with Crippen LogP contribution in [-0.4, -0.2) is 34.5 Å². The Labute approximate surface area is 104 Å². The van der Waals surface area contributed by atoms with Crippen LogP contribution < -0.4 is 0 Å². The van der Waals surface area contributed by atoms with Crippen molar-refractivity contribution < 1.29 is 19.7 Å². The average molecular weight is 249 g/mol. The predicted octanol–water partition coefficient (Wildman–Crippen LogP) is 2.00. The van der Waals surface area contributed by atoms with Gasteiger partial charge < -0.3 is 19.5 Å². The van der Waals surface area contributed by atoms with E-state index in [9.17, 15) is 15.0 Å². The summed E-state index contributed by atoms with van der Waals surface area (Å²) < 4.78 is 6.92. The van der Waals surface area contributed by atoms with Gasteiger partial charge in [-0.05, 0) is 25.1 Å². The second-order valence-corrected chi connectivity index (χ2v) is 4.11. The fourth-order valence-electron chi connectivity index (χ4n) is 2.21. The number of methoxy groups -OCH3 is 1. The van der Waals surface area contributed by atoms with Crippen molar-refractivity contribution in [1.29, 1.82) is 0 Å². The van der Waals surface area contributed by atoms with Gasteiger partial charge in [-0.25, -0.2) is 4.79 Å². The van der Waals surface area contributed by atoms with E-state index in [1.165, 1.54) is 6.07 Å². The number of aromatic carboxylic acids is 1. The van der Waals surface area contributed by atoms with Gasteiger partial charge in [0.1, 0.15) is 5.75 Å². The Morgan fingerprint density at radius 3 is 2.78 bits per heavy atom. The van der Waals surface area contributed by atoms with Crippen LogP contribution in [0, 0.1) is 6.92 Å². The summed E-state index contributed by atoms with van der Waals surface area (Å²) in [6.07, 6.45) is 0. The van der Waals surface area contributed by atoms with Crippen LogP contribution in [-0.2, 0) is 11.3 Å². The third-order valence-electron chi connectivity index (χ3n) is 3.04. The molecule has 0 spiro atoms. The summed E-state index contributed by atoms with van der Waals surface area (Å²) in [5.41, 5.74) is 1.69. The second-order valence-electron chi connectivity index (χ2n) is 4.11. The number of nitrogens with zero attached hydrogens (tertiary/aromatic N) is 1. The van der Waals surface area contributed by atoms with Crippen LogP contribution in [0.2, 0.25) is 0 Å². The van der Waals surface area contributed by atoms with Crippen molar-refractivity contribution in [3.05, 3.63) is 29.5 Å². The van der Waals surface area contributed by atoms with Gasteiger partial charge >= 0.3 is 5.97 Å². The van der Waals surface area contributed by atoms with Gasteiger partial charge in [0.05, 0.1) is 12.2 Å². The van der Waals surface area contributed by atoms with Crippen molar-refractivity contribution >= 4 is 16.9 Å². The third kappa shape index (κ3) is 1.93. The van der Waals surface area contributed by atoms with E-state index >= 15 is 0 Å². The first-order valence-corrected chi connectivity index (χ1v) is 5.60. The van der Waals surface area contributed by atoms with E-state index in [0.717, 1.165) is 5.52 Å². The minimum absolute atomic E-state index is 0.0638. The second kappa shape index (κ2) is 4.70. The summed E-state index contributed by atoms with van der Waals surface area (Å²) in [5, 5.41) is 19.3. The molecule has 0 radical (unpaired) electrons. The molecule has 5 heteroatoms. The minimum atomic E-state index is -0.987. The highest BCUT2D eigenvalue weighted by molar-refractivity contribution is 6.05. The van der Waals surface area contributed by atoms with E-state index in [1.54, 1.807) is 26.2 Å². The molecule has 2 N–H and O–H groups in total. The number of fused-ring (bicyclic) bond motifs is 1. The number of rotatable bonds is 4. The van der Waals surface area contributed by atoms with Gasteiger partial charge in [0.25, 0.3) is 0 Å². The molecule has 1 aromatic carbocycles. The van der Waals surface area contributed by atoms with E-state index in [2.05, 4.69) is 0 Å². The van der Waals surface area contributed by atoms with Gasteiger partial charge in [0, 0.05) is 30.3 Å². The summed E-state index contributed by atoms with van der Waals surface area (Å²) >= 11 is 0.